The summed E-state index contributed by atoms with van der Waals surface area (Å²) in [6, 6.07) is 0.227. The summed E-state index contributed by atoms with van der Waals surface area (Å²) in [4.78, 5) is 11.9. The molecule has 2 aliphatic rings. The number of thioether (sulfide) groups is 1. The molecule has 4 heteroatoms. The van der Waals surface area contributed by atoms with E-state index in [2.05, 4.69) is 25.9 Å². The van der Waals surface area contributed by atoms with Crippen LogP contribution in [0.3, 0.4) is 0 Å². The highest BCUT2D eigenvalue weighted by molar-refractivity contribution is 8.00. The lowest BCUT2D eigenvalue weighted by molar-refractivity contribution is -0.133. The summed E-state index contributed by atoms with van der Waals surface area (Å²) in [6.07, 6.45) is 0. The lowest BCUT2D eigenvalue weighted by Crippen LogP contribution is -2.37. The predicted molar refractivity (Wildman–Crippen MR) is 59.4 cm³/mol. The van der Waals surface area contributed by atoms with Crippen molar-refractivity contribution in [2.75, 3.05) is 11.5 Å². The van der Waals surface area contributed by atoms with Crippen molar-refractivity contribution < 1.29 is 4.79 Å². The van der Waals surface area contributed by atoms with Gasteiger partial charge in [0, 0.05) is 11.5 Å². The number of fused-ring (bicyclic) bond motifs is 1. The van der Waals surface area contributed by atoms with E-state index in [4.69, 9.17) is 0 Å². The second-order valence-electron chi connectivity index (χ2n) is 4.33. The summed E-state index contributed by atoms with van der Waals surface area (Å²) in [5.41, 5.74) is 1.09. The zero-order valence-corrected chi connectivity index (χ0v) is 9.67. The highest BCUT2D eigenvalue weighted by Crippen LogP contribution is 2.30. The second-order valence-corrected chi connectivity index (χ2v) is 5.36. The van der Waals surface area contributed by atoms with Crippen LogP contribution in [0.15, 0.2) is 5.10 Å². The third-order valence-corrected chi connectivity index (χ3v) is 4.12. The molecule has 2 rings (SSSR count). The Morgan fingerprint density at radius 1 is 1.50 bits per heavy atom. The van der Waals surface area contributed by atoms with E-state index in [9.17, 15) is 4.79 Å². The molecule has 1 fully saturated rings. The molecule has 2 heterocycles. The van der Waals surface area contributed by atoms with Gasteiger partial charge in [-0.2, -0.15) is 16.9 Å². The fraction of sp³-hybridized carbons (Fsp3) is 0.800. The van der Waals surface area contributed by atoms with Gasteiger partial charge >= 0.3 is 0 Å². The van der Waals surface area contributed by atoms with Crippen molar-refractivity contribution in [2.45, 2.75) is 26.8 Å². The van der Waals surface area contributed by atoms with E-state index in [-0.39, 0.29) is 17.9 Å². The Labute approximate surface area is 88.9 Å². The number of rotatable bonds is 2. The molecule has 0 bridgehead atoms. The van der Waals surface area contributed by atoms with Crippen LogP contribution in [0.4, 0.5) is 0 Å². The molecule has 0 aromatic rings. The molecule has 3 nitrogen and oxygen atoms in total. The SMILES string of the molecule is CC(C)C(C)N1N=C2CSCC2C1=O. The number of carbonyl (C=O) groups excluding carboxylic acids is 1. The van der Waals surface area contributed by atoms with Crippen LogP contribution in [0, 0.1) is 11.8 Å². The average Bonchev–Trinajstić information content (AvgIpc) is 2.68. The van der Waals surface area contributed by atoms with E-state index in [1.807, 2.05) is 11.8 Å². The molecule has 2 aliphatic heterocycles. The van der Waals surface area contributed by atoms with Crippen LogP contribution in [-0.2, 0) is 4.79 Å². The number of nitrogens with zero attached hydrogens (tertiary/aromatic N) is 2. The maximum atomic E-state index is 11.9. The molecule has 0 radical (unpaired) electrons. The van der Waals surface area contributed by atoms with Gasteiger partial charge in [-0.05, 0) is 12.8 Å². The van der Waals surface area contributed by atoms with Crippen molar-refractivity contribution in [2.24, 2.45) is 16.9 Å². The summed E-state index contributed by atoms with van der Waals surface area (Å²) in [5, 5.41) is 6.13. The number of hydrogen-bond donors (Lipinski definition) is 0. The summed E-state index contributed by atoms with van der Waals surface area (Å²) >= 11 is 1.81. The van der Waals surface area contributed by atoms with Crippen LogP contribution in [0.1, 0.15) is 20.8 Å². The molecule has 78 valence electrons. The smallest absolute Gasteiger partial charge is 0.252 e. The number of amides is 1. The molecule has 0 aromatic carbocycles. The highest BCUT2D eigenvalue weighted by atomic mass is 32.2. The molecule has 0 N–H and O–H groups in total. The molecule has 1 saturated heterocycles. The van der Waals surface area contributed by atoms with Crippen molar-refractivity contribution in [3.63, 3.8) is 0 Å². The third-order valence-electron chi connectivity index (χ3n) is 3.05. The van der Waals surface area contributed by atoms with Crippen molar-refractivity contribution >= 4 is 23.4 Å². The van der Waals surface area contributed by atoms with E-state index in [0.717, 1.165) is 17.2 Å². The molecule has 0 saturated carbocycles. The van der Waals surface area contributed by atoms with Crippen LogP contribution >= 0.6 is 11.8 Å². The van der Waals surface area contributed by atoms with Crippen molar-refractivity contribution in [1.82, 2.24) is 5.01 Å². The normalized spacial score (nSPS) is 28.3. The second kappa shape index (κ2) is 3.57. The van der Waals surface area contributed by atoms with Gasteiger partial charge < -0.3 is 0 Å². The molecule has 0 spiro atoms. The third kappa shape index (κ3) is 1.45. The minimum absolute atomic E-state index is 0.0983. The molecule has 14 heavy (non-hydrogen) atoms. The van der Waals surface area contributed by atoms with Gasteiger partial charge in [-0.1, -0.05) is 13.8 Å². The quantitative estimate of drug-likeness (QED) is 0.696. The van der Waals surface area contributed by atoms with Crippen molar-refractivity contribution in [3.8, 4) is 0 Å². The largest absolute Gasteiger partial charge is 0.272 e. The number of hydrogen-bond acceptors (Lipinski definition) is 3. The van der Waals surface area contributed by atoms with E-state index < -0.39 is 0 Å². The van der Waals surface area contributed by atoms with Crippen molar-refractivity contribution in [1.29, 1.82) is 0 Å². The molecule has 1 amide bonds. The molecule has 2 unspecified atom stereocenters. The van der Waals surface area contributed by atoms with Gasteiger partial charge in [0.05, 0.1) is 17.7 Å². The summed E-state index contributed by atoms with van der Waals surface area (Å²) in [6.45, 7) is 6.32. The number of carbonyl (C=O) groups is 1. The Morgan fingerprint density at radius 3 is 2.79 bits per heavy atom. The van der Waals surface area contributed by atoms with Gasteiger partial charge in [0.1, 0.15) is 0 Å². The van der Waals surface area contributed by atoms with E-state index in [0.29, 0.717) is 5.92 Å². The predicted octanol–water partition coefficient (Wildman–Crippen LogP) is 1.59. The van der Waals surface area contributed by atoms with Crippen LogP contribution in [0.5, 0.6) is 0 Å². The Kier molecular flexibility index (Phi) is 2.56. The Hall–Kier alpha value is -0.510. The molecular weight excluding hydrogens is 196 g/mol. The Balaban J connectivity index is 2.16. The van der Waals surface area contributed by atoms with E-state index >= 15 is 0 Å². The molecule has 0 aromatic heterocycles. The lowest BCUT2D eigenvalue weighted by atomic mass is 10.0. The summed E-state index contributed by atoms with van der Waals surface area (Å²) in [5.74, 6) is 2.65. The van der Waals surface area contributed by atoms with Gasteiger partial charge in [-0.15, -0.1) is 0 Å². The Bertz CT molecular complexity index is 288. The van der Waals surface area contributed by atoms with Gasteiger partial charge in [-0.3, -0.25) is 4.79 Å². The molecule has 2 atom stereocenters. The van der Waals surface area contributed by atoms with Crippen molar-refractivity contribution in [3.05, 3.63) is 0 Å². The topological polar surface area (TPSA) is 32.7 Å². The van der Waals surface area contributed by atoms with Gasteiger partial charge in [0.15, 0.2) is 0 Å². The van der Waals surface area contributed by atoms with Crippen LogP contribution in [0.25, 0.3) is 0 Å². The molecular formula is C10H16N2OS. The fourth-order valence-electron chi connectivity index (χ4n) is 1.71. The first-order valence-electron chi connectivity index (χ1n) is 5.09. The minimum atomic E-state index is 0.0983. The first-order valence-corrected chi connectivity index (χ1v) is 6.25. The number of hydrazone groups is 1. The standard InChI is InChI=1S/C10H16N2OS/c1-6(2)7(3)12-10(13)8-4-14-5-9(8)11-12/h6-8H,4-5H2,1-3H3. The summed E-state index contributed by atoms with van der Waals surface area (Å²) < 4.78 is 0. The fourth-order valence-corrected chi connectivity index (χ4v) is 2.87. The Morgan fingerprint density at radius 2 is 2.21 bits per heavy atom. The van der Waals surface area contributed by atoms with Crippen LogP contribution < -0.4 is 0 Å². The van der Waals surface area contributed by atoms with E-state index in [1.165, 1.54) is 0 Å². The minimum Gasteiger partial charge on any atom is -0.272 e. The van der Waals surface area contributed by atoms with Crippen LogP contribution in [-0.4, -0.2) is 34.2 Å². The van der Waals surface area contributed by atoms with Crippen LogP contribution in [0.2, 0.25) is 0 Å². The lowest BCUT2D eigenvalue weighted by Gasteiger charge is -2.24. The van der Waals surface area contributed by atoms with Gasteiger partial charge in [0.2, 0.25) is 0 Å². The first kappa shape index (κ1) is 10.0. The zero-order valence-electron chi connectivity index (χ0n) is 8.86. The monoisotopic (exact) mass is 212 g/mol. The zero-order chi connectivity index (χ0) is 10.3. The maximum absolute atomic E-state index is 11.9. The summed E-state index contributed by atoms with van der Waals surface area (Å²) in [7, 11) is 0. The highest BCUT2D eigenvalue weighted by Gasteiger charge is 2.41. The van der Waals surface area contributed by atoms with E-state index in [1.54, 1.807) is 5.01 Å². The average molecular weight is 212 g/mol. The van der Waals surface area contributed by atoms with Gasteiger partial charge in [-0.25, -0.2) is 5.01 Å². The maximum Gasteiger partial charge on any atom is 0.252 e. The van der Waals surface area contributed by atoms with Gasteiger partial charge in [0.25, 0.3) is 5.91 Å². The first-order chi connectivity index (χ1) is 6.61. The molecule has 0 aliphatic carbocycles.